The number of aromatic nitrogens is 1. The number of rotatable bonds is 6. The van der Waals surface area contributed by atoms with Gasteiger partial charge in [0.2, 0.25) is 5.91 Å². The van der Waals surface area contributed by atoms with E-state index >= 15 is 0 Å². The van der Waals surface area contributed by atoms with E-state index in [1.54, 1.807) is 36.4 Å². The zero-order valence-corrected chi connectivity index (χ0v) is 21.8. The zero-order valence-electron chi connectivity index (χ0n) is 20.3. The normalized spacial score (nSPS) is 14.3. The number of para-hydroxylation sites is 2. The van der Waals surface area contributed by atoms with Crippen LogP contribution in [0, 0.1) is 18.3 Å². The summed E-state index contributed by atoms with van der Waals surface area (Å²) in [6.45, 7) is 2.01. The van der Waals surface area contributed by atoms with Crippen LogP contribution in [0.5, 0.6) is 0 Å². The van der Waals surface area contributed by atoms with Gasteiger partial charge in [-0.05, 0) is 54.6 Å². The zero-order chi connectivity index (χ0) is 26.8. The summed E-state index contributed by atoms with van der Waals surface area (Å²) in [4.78, 5) is 39.6. The quantitative estimate of drug-likeness (QED) is 0.294. The molecule has 0 saturated carbocycles. The van der Waals surface area contributed by atoms with Gasteiger partial charge in [0, 0.05) is 28.7 Å². The number of hydrogen-bond acceptors (Lipinski definition) is 5. The third-order valence-electron chi connectivity index (χ3n) is 6.34. The number of benzene rings is 3. The van der Waals surface area contributed by atoms with Gasteiger partial charge in [0.05, 0.1) is 27.2 Å². The molecule has 1 N–H and O–H groups in total. The van der Waals surface area contributed by atoms with Gasteiger partial charge in [-0.15, -0.1) is 0 Å². The molecule has 0 unspecified atom stereocenters. The lowest BCUT2D eigenvalue weighted by atomic mass is 10.1. The maximum Gasteiger partial charge on any atom is 0.294 e. The van der Waals surface area contributed by atoms with E-state index in [4.69, 9.17) is 11.6 Å². The molecule has 38 heavy (non-hydrogen) atoms. The number of nitrogens with one attached hydrogen (secondary N) is 1. The molecule has 1 aromatic heterocycles. The van der Waals surface area contributed by atoms with Crippen LogP contribution in [0.4, 0.5) is 10.5 Å². The van der Waals surface area contributed by atoms with Crippen LogP contribution < -0.4 is 5.32 Å². The van der Waals surface area contributed by atoms with Gasteiger partial charge < -0.3 is 9.88 Å². The summed E-state index contributed by atoms with van der Waals surface area (Å²) in [5.74, 6) is -1.05. The van der Waals surface area contributed by atoms with E-state index < -0.39 is 23.6 Å². The minimum absolute atomic E-state index is 0.240. The Balaban J connectivity index is 1.44. The number of amides is 3. The van der Waals surface area contributed by atoms with Crippen LogP contribution in [0.3, 0.4) is 0 Å². The van der Waals surface area contributed by atoms with E-state index in [0.29, 0.717) is 22.8 Å². The number of nitrogens with zero attached hydrogens (tertiary/aromatic N) is 3. The molecule has 0 radical (unpaired) electrons. The number of anilines is 1. The number of thioether (sulfide) groups is 1. The molecule has 0 atom stereocenters. The summed E-state index contributed by atoms with van der Waals surface area (Å²) in [7, 11) is 0. The van der Waals surface area contributed by atoms with Crippen molar-refractivity contribution >= 4 is 63.1 Å². The summed E-state index contributed by atoms with van der Waals surface area (Å²) in [6, 6.07) is 24.2. The van der Waals surface area contributed by atoms with Gasteiger partial charge >= 0.3 is 0 Å². The highest BCUT2D eigenvalue weighted by Crippen LogP contribution is 2.36. The number of nitriles is 1. The molecule has 3 aromatic carbocycles. The number of fused-ring (bicyclic) bond motifs is 1. The minimum atomic E-state index is -0.527. The van der Waals surface area contributed by atoms with Crippen molar-refractivity contribution in [1.82, 2.24) is 9.47 Å². The van der Waals surface area contributed by atoms with Gasteiger partial charge in [0.25, 0.3) is 11.1 Å². The molecule has 1 aliphatic rings. The van der Waals surface area contributed by atoms with Gasteiger partial charge in [-0.25, -0.2) is 0 Å². The SMILES string of the molecule is Cc1c(/C=C2/SC(=O)N(CC(=O)Nc3ccccc3Cl)C2=O)c2ccccc2n1Cc1ccccc1C#N. The molecule has 3 amide bonds. The Morgan fingerprint density at radius 1 is 1.05 bits per heavy atom. The average Bonchev–Trinajstić information content (AvgIpc) is 3.33. The Morgan fingerprint density at radius 3 is 2.55 bits per heavy atom. The van der Waals surface area contributed by atoms with E-state index in [1.807, 2.05) is 49.4 Å². The third kappa shape index (κ3) is 4.82. The van der Waals surface area contributed by atoms with Gasteiger partial charge in [-0.2, -0.15) is 5.26 Å². The Labute approximate surface area is 228 Å². The number of halogens is 1. The Hall–Kier alpha value is -4.32. The van der Waals surface area contributed by atoms with Crippen LogP contribution in [0.25, 0.3) is 17.0 Å². The minimum Gasteiger partial charge on any atom is -0.340 e. The largest absolute Gasteiger partial charge is 0.340 e. The smallest absolute Gasteiger partial charge is 0.294 e. The third-order valence-corrected chi connectivity index (χ3v) is 7.58. The first-order chi connectivity index (χ1) is 18.4. The predicted molar refractivity (Wildman–Crippen MR) is 150 cm³/mol. The molecule has 5 rings (SSSR count). The maximum absolute atomic E-state index is 13.2. The fraction of sp³-hybridized carbons (Fsp3) is 0.103. The van der Waals surface area contributed by atoms with E-state index in [0.717, 1.165) is 44.4 Å². The topological polar surface area (TPSA) is 95.2 Å². The predicted octanol–water partition coefficient (Wildman–Crippen LogP) is 6.20. The Kier molecular flexibility index (Phi) is 7.05. The molecule has 1 saturated heterocycles. The first-order valence-electron chi connectivity index (χ1n) is 11.7. The molecule has 4 aromatic rings. The van der Waals surface area contributed by atoms with Crippen LogP contribution in [0.15, 0.2) is 77.7 Å². The maximum atomic E-state index is 13.2. The van der Waals surface area contributed by atoms with Crippen LogP contribution in [-0.2, 0) is 16.1 Å². The molecule has 9 heteroatoms. The van der Waals surface area contributed by atoms with Crippen molar-refractivity contribution in [3.63, 3.8) is 0 Å². The molecule has 0 spiro atoms. The molecule has 188 valence electrons. The molecular weight excluding hydrogens is 520 g/mol. The molecular formula is C29H21ClN4O3S. The second kappa shape index (κ2) is 10.6. The monoisotopic (exact) mass is 540 g/mol. The summed E-state index contributed by atoms with van der Waals surface area (Å²) in [5.41, 5.74) is 4.53. The number of carbonyl (C=O) groups is 3. The van der Waals surface area contributed by atoms with Crippen molar-refractivity contribution in [3.8, 4) is 6.07 Å². The van der Waals surface area contributed by atoms with Crippen molar-refractivity contribution < 1.29 is 14.4 Å². The summed E-state index contributed by atoms with van der Waals surface area (Å²) in [6.07, 6.45) is 1.71. The highest BCUT2D eigenvalue weighted by Gasteiger charge is 2.36. The Morgan fingerprint density at radius 2 is 1.76 bits per heavy atom. The summed E-state index contributed by atoms with van der Waals surface area (Å²) in [5, 5.41) is 12.9. The van der Waals surface area contributed by atoms with E-state index in [9.17, 15) is 19.6 Å². The van der Waals surface area contributed by atoms with Crippen LogP contribution >= 0.6 is 23.4 Å². The molecule has 0 aliphatic carbocycles. The van der Waals surface area contributed by atoms with Crippen LogP contribution in [0.1, 0.15) is 22.4 Å². The van der Waals surface area contributed by atoms with Gasteiger partial charge in [0.15, 0.2) is 0 Å². The number of carbonyl (C=O) groups excluding carboxylic acids is 3. The highest BCUT2D eigenvalue weighted by molar-refractivity contribution is 8.18. The molecule has 2 heterocycles. The molecule has 0 bridgehead atoms. The second-order valence-electron chi connectivity index (χ2n) is 8.67. The lowest BCUT2D eigenvalue weighted by Gasteiger charge is -2.13. The molecule has 1 fully saturated rings. The second-order valence-corrected chi connectivity index (χ2v) is 10.1. The van der Waals surface area contributed by atoms with E-state index in [1.165, 1.54) is 0 Å². The average molecular weight is 541 g/mol. The molecule has 7 nitrogen and oxygen atoms in total. The number of imide groups is 1. The fourth-order valence-electron chi connectivity index (χ4n) is 4.44. The first kappa shape index (κ1) is 25.3. The standard InChI is InChI=1S/C29H21ClN4O3S/c1-18-22(21-10-4-7-13-25(21)33(18)16-20-9-3-2-8-19(20)15-31)14-26-28(36)34(29(37)38-26)17-27(35)32-24-12-6-5-11-23(24)30/h2-14H,16-17H2,1H3,(H,32,35)/b26-14+. The lowest BCUT2D eigenvalue weighted by Crippen LogP contribution is -2.36. The van der Waals surface area contributed by atoms with Gasteiger partial charge in [0.1, 0.15) is 6.54 Å². The van der Waals surface area contributed by atoms with Gasteiger partial charge in [-0.1, -0.05) is 60.1 Å². The van der Waals surface area contributed by atoms with E-state index in [-0.39, 0.29) is 4.91 Å². The van der Waals surface area contributed by atoms with Crippen molar-refractivity contribution in [2.75, 3.05) is 11.9 Å². The van der Waals surface area contributed by atoms with Crippen molar-refractivity contribution in [3.05, 3.63) is 105 Å². The van der Waals surface area contributed by atoms with Crippen LogP contribution in [0.2, 0.25) is 5.02 Å². The lowest BCUT2D eigenvalue weighted by molar-refractivity contribution is -0.127. The molecule has 1 aliphatic heterocycles. The summed E-state index contributed by atoms with van der Waals surface area (Å²) >= 11 is 6.90. The van der Waals surface area contributed by atoms with Crippen molar-refractivity contribution in [2.24, 2.45) is 0 Å². The van der Waals surface area contributed by atoms with Crippen molar-refractivity contribution in [2.45, 2.75) is 13.5 Å². The summed E-state index contributed by atoms with van der Waals surface area (Å²) < 4.78 is 2.10. The van der Waals surface area contributed by atoms with E-state index in [2.05, 4.69) is 16.0 Å². The fourth-order valence-corrected chi connectivity index (χ4v) is 5.45. The van der Waals surface area contributed by atoms with Crippen LogP contribution in [-0.4, -0.2) is 33.1 Å². The van der Waals surface area contributed by atoms with Gasteiger partial charge in [-0.3, -0.25) is 19.3 Å². The highest BCUT2D eigenvalue weighted by atomic mass is 35.5. The Bertz CT molecular complexity index is 1680. The van der Waals surface area contributed by atoms with Crippen molar-refractivity contribution in [1.29, 1.82) is 5.26 Å². The number of hydrogen-bond donors (Lipinski definition) is 1. The first-order valence-corrected chi connectivity index (χ1v) is 12.9.